The van der Waals surface area contributed by atoms with Crippen LogP contribution in [0, 0.1) is 13.7 Å². The van der Waals surface area contributed by atoms with E-state index in [0.717, 1.165) is 11.1 Å². The van der Waals surface area contributed by atoms with Crippen molar-refractivity contribution in [3.63, 3.8) is 0 Å². The number of pyridine rings is 1. The first-order chi connectivity index (χ1) is 15.5. The number of nitrogens with zero attached hydrogens (tertiary/aromatic N) is 1. The largest absolute Gasteiger partial charge is 0.497 e. The second kappa shape index (κ2) is 6.80. The summed E-state index contributed by atoms with van der Waals surface area (Å²) in [5.41, 5.74) is 2.61. The zero-order valence-corrected chi connectivity index (χ0v) is 15.0. The van der Waals surface area contributed by atoms with Gasteiger partial charge < -0.3 is 14.5 Å². The summed E-state index contributed by atoms with van der Waals surface area (Å²) >= 11 is 0. The normalized spacial score (nSPS) is 15.2. The van der Waals surface area contributed by atoms with Crippen molar-refractivity contribution in [2.75, 3.05) is 14.2 Å². The van der Waals surface area contributed by atoms with Gasteiger partial charge in [-0.3, -0.25) is 4.98 Å². The minimum absolute atomic E-state index is 0.0453. The molecule has 0 amide bonds. The topological polar surface area (TPSA) is 47.1 Å². The van der Waals surface area contributed by atoms with Gasteiger partial charge in [0.15, 0.2) is 0 Å². The molecule has 0 aliphatic rings. The van der Waals surface area contributed by atoms with Crippen LogP contribution in [0.1, 0.15) is 19.5 Å². The Bertz CT molecular complexity index is 1330. The fourth-order valence-corrected chi connectivity index (χ4v) is 3.27. The lowest BCUT2D eigenvalue weighted by Crippen LogP contribution is -1.90. The van der Waals surface area contributed by atoms with Gasteiger partial charge in [0.1, 0.15) is 11.5 Å². The molecule has 0 aliphatic carbocycles. The Balaban J connectivity index is 2.06. The van der Waals surface area contributed by atoms with Crippen LogP contribution in [0.2, 0.25) is 0 Å². The van der Waals surface area contributed by atoms with Gasteiger partial charge in [-0.1, -0.05) is 12.1 Å². The standard InChI is InChI=1S/C23H22N2O2/c1-14-21(27-4)9-8-20-22(14)23(15(2)25-20)18-10-17(12-24-13-18)16-6-5-7-19(11-16)26-3/h5-13,25H,1-4H3/i1T3,2T3. The van der Waals surface area contributed by atoms with E-state index in [0.29, 0.717) is 16.8 Å². The summed E-state index contributed by atoms with van der Waals surface area (Å²) in [5, 5.41) is 0.282. The maximum absolute atomic E-state index is 8.11. The van der Waals surface area contributed by atoms with Crippen molar-refractivity contribution in [1.29, 1.82) is 0 Å². The van der Waals surface area contributed by atoms with Crippen LogP contribution in [-0.4, -0.2) is 24.2 Å². The van der Waals surface area contributed by atoms with Crippen LogP contribution in [0.3, 0.4) is 0 Å². The Morgan fingerprint density at radius 2 is 1.81 bits per heavy atom. The molecule has 27 heavy (non-hydrogen) atoms. The summed E-state index contributed by atoms with van der Waals surface area (Å²) in [6.45, 7) is -5.05. The third kappa shape index (κ3) is 2.93. The lowest BCUT2D eigenvalue weighted by atomic mass is 9.97. The van der Waals surface area contributed by atoms with Gasteiger partial charge in [-0.05, 0) is 49.6 Å². The van der Waals surface area contributed by atoms with E-state index < -0.39 is 13.7 Å². The van der Waals surface area contributed by atoms with Crippen molar-refractivity contribution in [3.05, 3.63) is 66.1 Å². The Labute approximate surface area is 167 Å². The van der Waals surface area contributed by atoms with E-state index in [1.807, 2.05) is 24.3 Å². The zero-order chi connectivity index (χ0) is 24.0. The van der Waals surface area contributed by atoms with E-state index in [4.69, 9.17) is 17.7 Å². The molecule has 0 unspecified atom stereocenters. The van der Waals surface area contributed by atoms with E-state index in [1.54, 1.807) is 25.4 Å². The lowest BCUT2D eigenvalue weighted by Gasteiger charge is -2.10. The fourth-order valence-electron chi connectivity index (χ4n) is 3.27. The highest BCUT2D eigenvalue weighted by Crippen LogP contribution is 2.38. The van der Waals surface area contributed by atoms with Crippen LogP contribution >= 0.6 is 0 Å². The van der Waals surface area contributed by atoms with Gasteiger partial charge in [0.25, 0.3) is 0 Å². The number of H-pyrrole nitrogens is 1. The average Bonchev–Trinajstić information content (AvgIpc) is 3.18. The molecule has 4 rings (SSSR count). The number of aromatic amines is 1. The Hall–Kier alpha value is -3.27. The predicted molar refractivity (Wildman–Crippen MR) is 110 cm³/mol. The summed E-state index contributed by atoms with van der Waals surface area (Å²) in [6, 6.07) is 12.3. The maximum atomic E-state index is 8.11. The Kier molecular flexibility index (Phi) is 2.88. The predicted octanol–water partition coefficient (Wildman–Crippen LogP) is 5.53. The molecule has 4 heteroatoms. The number of hydrogen-bond donors (Lipinski definition) is 1. The molecule has 4 aromatic rings. The first-order valence-corrected chi connectivity index (χ1v) is 8.38. The molecule has 0 spiro atoms. The van der Waals surface area contributed by atoms with Crippen molar-refractivity contribution in [1.82, 2.24) is 9.97 Å². The molecule has 2 aromatic heterocycles. The van der Waals surface area contributed by atoms with Crippen molar-refractivity contribution in [2.45, 2.75) is 13.7 Å². The molecule has 0 bridgehead atoms. The number of ether oxygens (including phenoxy) is 2. The third-order valence-corrected chi connectivity index (χ3v) is 4.58. The molecule has 1 N–H and O–H groups in total. The van der Waals surface area contributed by atoms with E-state index in [-0.39, 0.29) is 28.0 Å². The van der Waals surface area contributed by atoms with Gasteiger partial charge in [-0.2, -0.15) is 0 Å². The molecular formula is C23H22N2O2. The van der Waals surface area contributed by atoms with E-state index in [2.05, 4.69) is 9.97 Å². The van der Waals surface area contributed by atoms with Gasteiger partial charge in [0.05, 0.1) is 14.2 Å². The minimum Gasteiger partial charge on any atom is -0.497 e. The number of benzene rings is 2. The second-order valence-electron chi connectivity index (χ2n) is 6.13. The highest BCUT2D eigenvalue weighted by Gasteiger charge is 2.16. The summed E-state index contributed by atoms with van der Waals surface area (Å²) in [5.74, 6) is 0.833. The fraction of sp³-hybridized carbons (Fsp3) is 0.174. The number of aryl methyl sites for hydroxylation is 2. The van der Waals surface area contributed by atoms with Crippen LogP contribution in [0.4, 0.5) is 0 Å². The molecule has 0 aliphatic heterocycles. The number of aromatic nitrogens is 2. The third-order valence-electron chi connectivity index (χ3n) is 4.58. The monoisotopic (exact) mass is 370 g/mol. The summed E-state index contributed by atoms with van der Waals surface area (Å²) in [6.07, 6.45) is 3.19. The lowest BCUT2D eigenvalue weighted by molar-refractivity contribution is 0.412. The first kappa shape index (κ1) is 11.4. The summed E-state index contributed by atoms with van der Waals surface area (Å²) in [4.78, 5) is 7.25. The van der Waals surface area contributed by atoms with Gasteiger partial charge in [0.2, 0.25) is 0 Å². The second-order valence-corrected chi connectivity index (χ2v) is 6.13. The van der Waals surface area contributed by atoms with E-state index >= 15 is 0 Å². The SMILES string of the molecule is [3H]C([3H])([3H])c1[nH]c2ccc(OC)c(C([3H])([3H])[3H])c2c1-c1cncc(-c2cccc(OC)c2)c1. The van der Waals surface area contributed by atoms with E-state index in [1.165, 1.54) is 19.4 Å². The molecular weight excluding hydrogens is 336 g/mol. The Morgan fingerprint density at radius 3 is 2.59 bits per heavy atom. The van der Waals surface area contributed by atoms with Crippen molar-refractivity contribution >= 4 is 10.9 Å². The number of nitrogens with one attached hydrogen (secondary N) is 1. The van der Waals surface area contributed by atoms with Crippen molar-refractivity contribution in [2.24, 2.45) is 0 Å². The van der Waals surface area contributed by atoms with Crippen LogP contribution in [-0.2, 0) is 0 Å². The van der Waals surface area contributed by atoms with Gasteiger partial charge in [-0.15, -0.1) is 0 Å². The molecule has 0 atom stereocenters. The summed E-state index contributed by atoms with van der Waals surface area (Å²) < 4.78 is 59.2. The van der Waals surface area contributed by atoms with Crippen LogP contribution < -0.4 is 9.47 Å². The zero-order valence-electron chi connectivity index (χ0n) is 21.0. The quantitative estimate of drug-likeness (QED) is 0.514. The summed E-state index contributed by atoms with van der Waals surface area (Å²) in [7, 11) is 2.96. The number of methoxy groups -OCH3 is 2. The number of rotatable bonds is 4. The average molecular weight is 370 g/mol. The molecule has 2 heterocycles. The van der Waals surface area contributed by atoms with Gasteiger partial charge >= 0.3 is 0 Å². The molecule has 136 valence electrons. The van der Waals surface area contributed by atoms with Gasteiger partial charge in [-0.25, -0.2) is 0 Å². The minimum atomic E-state index is -2.54. The van der Waals surface area contributed by atoms with Crippen LogP contribution in [0.15, 0.2) is 54.9 Å². The maximum Gasteiger partial charge on any atom is 0.122 e. The number of fused-ring (bicyclic) bond motifs is 1. The smallest absolute Gasteiger partial charge is 0.122 e. The molecule has 0 radical (unpaired) electrons. The van der Waals surface area contributed by atoms with Crippen LogP contribution in [0.25, 0.3) is 33.2 Å². The Morgan fingerprint density at radius 1 is 0.926 bits per heavy atom. The molecule has 0 saturated heterocycles. The highest BCUT2D eigenvalue weighted by atomic mass is 16.5. The highest BCUT2D eigenvalue weighted by molar-refractivity contribution is 6.01. The van der Waals surface area contributed by atoms with Crippen LogP contribution in [0.5, 0.6) is 11.5 Å². The van der Waals surface area contributed by atoms with Crippen molar-refractivity contribution in [3.8, 4) is 33.8 Å². The molecule has 0 fully saturated rings. The van der Waals surface area contributed by atoms with Crippen molar-refractivity contribution < 1.29 is 17.7 Å². The molecule has 0 saturated carbocycles. The van der Waals surface area contributed by atoms with Gasteiger partial charge in [0, 0.05) is 59.5 Å². The van der Waals surface area contributed by atoms with E-state index in [9.17, 15) is 0 Å². The number of hydrogen-bond acceptors (Lipinski definition) is 3. The first-order valence-electron chi connectivity index (χ1n) is 11.4. The molecule has 2 aromatic carbocycles. The molecule has 4 nitrogen and oxygen atoms in total.